The number of hydrogen-bond donors (Lipinski definition) is 3. The van der Waals surface area contributed by atoms with Crippen LogP contribution in [-0.2, 0) is 0 Å². The molecule has 0 spiro atoms. The van der Waals surface area contributed by atoms with Gasteiger partial charge in [-0.25, -0.2) is 0 Å². The van der Waals surface area contributed by atoms with Gasteiger partial charge in [0.1, 0.15) is 0 Å². The van der Waals surface area contributed by atoms with Gasteiger partial charge in [0, 0.05) is 0 Å². The van der Waals surface area contributed by atoms with E-state index >= 15 is 0 Å². The standard InChI is InChI=1S/C6H18B3N3/c1-3-6(4-2)5-9-11-7-10-8-12-9/h6-8,10-12H,3-5H2,1-2H3. The Bertz CT molecular complexity index is 115. The van der Waals surface area contributed by atoms with Crippen molar-refractivity contribution < 1.29 is 0 Å². The van der Waals surface area contributed by atoms with Crippen LogP contribution < -0.4 is 15.4 Å². The van der Waals surface area contributed by atoms with Gasteiger partial charge in [0.2, 0.25) is 0 Å². The van der Waals surface area contributed by atoms with Crippen LogP contribution in [-0.4, -0.2) is 22.1 Å². The molecule has 12 heavy (non-hydrogen) atoms. The van der Waals surface area contributed by atoms with E-state index in [0.717, 1.165) is 21.0 Å². The van der Waals surface area contributed by atoms with Gasteiger partial charge >= 0.3 is 0 Å². The van der Waals surface area contributed by atoms with Crippen molar-refractivity contribution in [3.63, 3.8) is 0 Å². The Morgan fingerprint density at radius 1 is 1.17 bits per heavy atom. The average molecular weight is 165 g/mol. The van der Waals surface area contributed by atoms with Crippen LogP contribution in [0.5, 0.6) is 0 Å². The Hall–Kier alpha value is 0.0748. The summed E-state index contributed by atoms with van der Waals surface area (Å²) < 4.78 is 0. The van der Waals surface area contributed by atoms with Crippen molar-refractivity contribution in [2.75, 3.05) is 0 Å². The summed E-state index contributed by atoms with van der Waals surface area (Å²) in [7, 11) is 1.88. The Kier molecular flexibility index (Phi) is 4.80. The second-order valence-electron chi connectivity index (χ2n) is 3.48. The van der Waals surface area contributed by atoms with Gasteiger partial charge in [-0.2, -0.15) is 0 Å². The third-order valence-electron chi connectivity index (χ3n) is 2.67. The number of nitrogens with one attached hydrogen (secondary N) is 3. The van der Waals surface area contributed by atoms with Crippen molar-refractivity contribution >= 4 is 22.1 Å². The van der Waals surface area contributed by atoms with Crippen LogP contribution in [0.4, 0.5) is 0 Å². The molecule has 1 heterocycles. The van der Waals surface area contributed by atoms with E-state index in [0.29, 0.717) is 6.98 Å². The molecule has 1 rings (SSSR count). The van der Waals surface area contributed by atoms with E-state index in [4.69, 9.17) is 0 Å². The maximum absolute atomic E-state index is 3.40. The van der Waals surface area contributed by atoms with Crippen LogP contribution in [0.1, 0.15) is 26.7 Å². The molecule has 1 aliphatic heterocycles. The van der Waals surface area contributed by atoms with Crippen molar-refractivity contribution in [1.29, 1.82) is 0 Å². The molecule has 1 aliphatic rings. The number of rotatable bonds is 4. The fourth-order valence-corrected chi connectivity index (χ4v) is 1.65. The summed E-state index contributed by atoms with van der Waals surface area (Å²) in [5, 5.41) is 9.99. The minimum atomic E-state index is 0.524. The van der Waals surface area contributed by atoms with Crippen LogP contribution >= 0.6 is 0 Å². The molecule has 0 aromatic rings. The molecule has 0 aromatic carbocycles. The van der Waals surface area contributed by atoms with Gasteiger partial charge in [-0.15, -0.1) is 0 Å². The van der Waals surface area contributed by atoms with Crippen molar-refractivity contribution in [3.8, 4) is 0 Å². The SMILES string of the molecule is CCC(CC)CB1NBNBN1. The molecule has 3 nitrogen and oxygen atoms in total. The molecule has 3 N–H and O–H groups in total. The van der Waals surface area contributed by atoms with E-state index in [1.54, 1.807) is 0 Å². The zero-order chi connectivity index (χ0) is 8.81. The average Bonchev–Trinajstić information content (AvgIpc) is 2.16. The van der Waals surface area contributed by atoms with Crippen LogP contribution in [0.3, 0.4) is 0 Å². The van der Waals surface area contributed by atoms with Crippen molar-refractivity contribution in [2.24, 2.45) is 5.92 Å². The van der Waals surface area contributed by atoms with Gasteiger partial charge in [0.05, 0.1) is 0 Å². The second-order valence-corrected chi connectivity index (χ2v) is 3.48. The van der Waals surface area contributed by atoms with Gasteiger partial charge in [-0.05, 0) is 12.2 Å². The highest BCUT2D eigenvalue weighted by Crippen LogP contribution is 2.13. The lowest BCUT2D eigenvalue weighted by Gasteiger charge is -2.24. The monoisotopic (exact) mass is 165 g/mol. The number of hydrogen-bond acceptors (Lipinski definition) is 3. The first-order chi connectivity index (χ1) is 5.86. The highest BCUT2D eigenvalue weighted by molar-refractivity contribution is 6.75. The van der Waals surface area contributed by atoms with Crippen molar-refractivity contribution in [1.82, 2.24) is 15.4 Å². The van der Waals surface area contributed by atoms with Crippen molar-refractivity contribution in [2.45, 2.75) is 33.0 Å². The lowest BCUT2D eigenvalue weighted by Crippen LogP contribution is -2.63. The lowest BCUT2D eigenvalue weighted by atomic mass is 9.59. The van der Waals surface area contributed by atoms with Gasteiger partial charge in [0.25, 0.3) is 22.1 Å². The highest BCUT2D eigenvalue weighted by atomic mass is 15.0. The topological polar surface area (TPSA) is 36.1 Å². The first-order valence-corrected chi connectivity index (χ1v) is 5.04. The van der Waals surface area contributed by atoms with Gasteiger partial charge in [0.15, 0.2) is 0 Å². The molecule has 1 fully saturated rings. The highest BCUT2D eigenvalue weighted by Gasteiger charge is 2.20. The molecule has 66 valence electrons. The maximum Gasteiger partial charge on any atom is 0.284 e. The van der Waals surface area contributed by atoms with E-state index < -0.39 is 0 Å². The fourth-order valence-electron chi connectivity index (χ4n) is 1.65. The Morgan fingerprint density at radius 3 is 2.25 bits per heavy atom. The smallest absolute Gasteiger partial charge is 0.284 e. The molecular formula is C6H18B3N3. The molecule has 0 amide bonds. The first-order valence-electron chi connectivity index (χ1n) is 5.04. The Balaban J connectivity index is 2.18. The maximum atomic E-state index is 3.40. The fraction of sp³-hybridized carbons (Fsp3) is 1.00. The van der Waals surface area contributed by atoms with Gasteiger partial charge in [-0.1, -0.05) is 26.7 Å². The Morgan fingerprint density at radius 2 is 1.75 bits per heavy atom. The van der Waals surface area contributed by atoms with Gasteiger partial charge in [-0.3, -0.25) is 0 Å². The molecule has 0 saturated carbocycles. The summed E-state index contributed by atoms with van der Waals surface area (Å²) in [6.07, 6.45) is 3.85. The largest absolute Gasteiger partial charge is 0.378 e. The van der Waals surface area contributed by atoms with E-state index in [1.807, 2.05) is 0 Å². The van der Waals surface area contributed by atoms with E-state index in [1.165, 1.54) is 19.2 Å². The summed E-state index contributed by atoms with van der Waals surface area (Å²) in [5.74, 6) is 0.869. The molecule has 0 radical (unpaired) electrons. The minimum Gasteiger partial charge on any atom is -0.378 e. The third-order valence-corrected chi connectivity index (χ3v) is 2.67. The van der Waals surface area contributed by atoms with Crippen LogP contribution in [0.25, 0.3) is 0 Å². The summed E-state index contributed by atoms with van der Waals surface area (Å²) >= 11 is 0. The quantitative estimate of drug-likeness (QED) is 0.478. The normalized spacial score (nSPS) is 17.4. The lowest BCUT2D eigenvalue weighted by molar-refractivity contribution is 0.536. The molecule has 1 saturated heterocycles. The van der Waals surface area contributed by atoms with E-state index in [2.05, 4.69) is 29.3 Å². The van der Waals surface area contributed by atoms with Crippen LogP contribution in [0.2, 0.25) is 6.32 Å². The summed E-state index contributed by atoms with van der Waals surface area (Å²) in [4.78, 5) is 0. The minimum absolute atomic E-state index is 0.524. The summed E-state index contributed by atoms with van der Waals surface area (Å²) in [6, 6.07) is 0. The first kappa shape index (κ1) is 10.2. The molecule has 6 heteroatoms. The second kappa shape index (κ2) is 5.67. The molecule has 0 aromatic heterocycles. The molecule has 0 atom stereocenters. The zero-order valence-corrected chi connectivity index (χ0v) is 8.19. The predicted molar refractivity (Wildman–Crippen MR) is 58.3 cm³/mol. The van der Waals surface area contributed by atoms with Crippen LogP contribution in [0.15, 0.2) is 0 Å². The van der Waals surface area contributed by atoms with E-state index in [-0.39, 0.29) is 0 Å². The summed E-state index contributed by atoms with van der Waals surface area (Å²) in [5.41, 5.74) is 0. The molecular weight excluding hydrogens is 147 g/mol. The predicted octanol–water partition coefficient (Wildman–Crippen LogP) is -0.774. The summed E-state index contributed by atoms with van der Waals surface area (Å²) in [6.45, 7) is 5.07. The van der Waals surface area contributed by atoms with Crippen LogP contribution in [0, 0.1) is 5.92 Å². The van der Waals surface area contributed by atoms with Gasteiger partial charge < -0.3 is 15.4 Å². The van der Waals surface area contributed by atoms with E-state index in [9.17, 15) is 0 Å². The molecule has 0 unspecified atom stereocenters. The third kappa shape index (κ3) is 3.21. The zero-order valence-electron chi connectivity index (χ0n) is 8.19. The Labute approximate surface area is 77.1 Å². The van der Waals surface area contributed by atoms with Crippen molar-refractivity contribution in [3.05, 3.63) is 0 Å². The molecule has 0 bridgehead atoms. The molecule has 0 aliphatic carbocycles.